The van der Waals surface area contributed by atoms with Crippen molar-refractivity contribution in [2.45, 2.75) is 6.42 Å². The molecule has 0 radical (unpaired) electrons. The van der Waals surface area contributed by atoms with Crippen LogP contribution in [0.4, 0.5) is 14.5 Å². The largest absolute Gasteiger partial charge is 0.462 e. The van der Waals surface area contributed by atoms with Crippen molar-refractivity contribution < 1.29 is 13.2 Å². The Morgan fingerprint density at radius 1 is 1.24 bits per heavy atom. The molecular formula is C13H11F2NO. The first-order chi connectivity index (χ1) is 8.27. The van der Waals surface area contributed by atoms with E-state index in [1.807, 2.05) is 11.0 Å². The summed E-state index contributed by atoms with van der Waals surface area (Å²) in [5.41, 5.74) is 1.03. The lowest BCUT2D eigenvalue weighted by Crippen LogP contribution is -2.27. The summed E-state index contributed by atoms with van der Waals surface area (Å²) in [6.45, 7) is 1.48. The number of hydrogen-bond donors (Lipinski definition) is 0. The van der Waals surface area contributed by atoms with E-state index in [2.05, 4.69) is 6.08 Å². The normalized spacial score (nSPS) is 15.8. The van der Waals surface area contributed by atoms with Gasteiger partial charge in [0.1, 0.15) is 0 Å². The van der Waals surface area contributed by atoms with Gasteiger partial charge < -0.3 is 9.32 Å². The summed E-state index contributed by atoms with van der Waals surface area (Å²) >= 11 is 0. The fourth-order valence-electron chi connectivity index (χ4n) is 2.15. The van der Waals surface area contributed by atoms with Gasteiger partial charge in [-0.25, -0.2) is 8.78 Å². The predicted octanol–water partition coefficient (Wildman–Crippen LogP) is 3.48. The van der Waals surface area contributed by atoms with Crippen LogP contribution in [0.1, 0.15) is 6.42 Å². The zero-order valence-electron chi connectivity index (χ0n) is 9.12. The van der Waals surface area contributed by atoms with Gasteiger partial charge in [0.15, 0.2) is 17.2 Å². The highest BCUT2D eigenvalue weighted by atomic mass is 19.2. The van der Waals surface area contributed by atoms with Gasteiger partial charge in [0.2, 0.25) is 0 Å². The van der Waals surface area contributed by atoms with E-state index >= 15 is 0 Å². The molecule has 2 aromatic rings. The molecular weight excluding hydrogens is 224 g/mol. The molecule has 0 fully saturated rings. The molecule has 3 rings (SSSR count). The van der Waals surface area contributed by atoms with Gasteiger partial charge in [-0.1, -0.05) is 12.2 Å². The Balaban J connectivity index is 2.18. The van der Waals surface area contributed by atoms with Crippen LogP contribution in [-0.4, -0.2) is 13.1 Å². The van der Waals surface area contributed by atoms with Gasteiger partial charge >= 0.3 is 0 Å². The summed E-state index contributed by atoms with van der Waals surface area (Å²) < 4.78 is 32.3. The topological polar surface area (TPSA) is 16.4 Å². The highest BCUT2D eigenvalue weighted by Crippen LogP contribution is 2.32. The monoisotopic (exact) mass is 235 g/mol. The van der Waals surface area contributed by atoms with Crippen LogP contribution in [0, 0.1) is 11.6 Å². The highest BCUT2D eigenvalue weighted by molar-refractivity contribution is 5.90. The fourth-order valence-corrected chi connectivity index (χ4v) is 2.15. The van der Waals surface area contributed by atoms with E-state index in [0.29, 0.717) is 17.8 Å². The molecule has 0 saturated heterocycles. The number of benzene rings is 1. The Kier molecular flexibility index (Phi) is 2.35. The Hall–Kier alpha value is -1.84. The number of anilines is 1. The Morgan fingerprint density at radius 2 is 2.12 bits per heavy atom. The molecule has 0 saturated carbocycles. The smallest absolute Gasteiger partial charge is 0.170 e. The Labute approximate surface area is 97.1 Å². The number of halogens is 2. The number of nitrogens with zero attached hydrogens (tertiary/aromatic N) is 1. The first-order valence-corrected chi connectivity index (χ1v) is 5.52. The van der Waals surface area contributed by atoms with Crippen LogP contribution in [0.25, 0.3) is 11.0 Å². The Morgan fingerprint density at radius 3 is 2.88 bits per heavy atom. The van der Waals surface area contributed by atoms with Gasteiger partial charge in [-0.2, -0.15) is 0 Å². The second-order valence-corrected chi connectivity index (χ2v) is 4.06. The first-order valence-electron chi connectivity index (χ1n) is 5.52. The first kappa shape index (κ1) is 10.3. The molecule has 1 aliphatic rings. The van der Waals surface area contributed by atoms with Crippen LogP contribution in [-0.2, 0) is 0 Å². The maximum Gasteiger partial charge on any atom is 0.170 e. The molecule has 0 aliphatic carbocycles. The van der Waals surface area contributed by atoms with Crippen molar-refractivity contribution >= 4 is 16.7 Å². The molecule has 2 heterocycles. The van der Waals surface area contributed by atoms with E-state index in [4.69, 9.17) is 4.42 Å². The van der Waals surface area contributed by atoms with Crippen molar-refractivity contribution in [3.8, 4) is 0 Å². The number of hydrogen-bond acceptors (Lipinski definition) is 2. The van der Waals surface area contributed by atoms with Crippen molar-refractivity contribution in [1.29, 1.82) is 0 Å². The molecule has 88 valence electrons. The molecule has 4 heteroatoms. The minimum Gasteiger partial charge on any atom is -0.462 e. The molecule has 0 atom stereocenters. The van der Waals surface area contributed by atoms with Crippen LogP contribution in [0.2, 0.25) is 0 Å². The third-order valence-corrected chi connectivity index (χ3v) is 3.01. The van der Waals surface area contributed by atoms with Crippen LogP contribution >= 0.6 is 0 Å². The molecule has 2 nitrogen and oxygen atoms in total. The second-order valence-electron chi connectivity index (χ2n) is 4.06. The zero-order chi connectivity index (χ0) is 11.8. The maximum absolute atomic E-state index is 13.5. The van der Waals surface area contributed by atoms with Gasteiger partial charge in [-0.05, 0) is 12.5 Å². The van der Waals surface area contributed by atoms with E-state index in [1.54, 1.807) is 0 Å². The van der Waals surface area contributed by atoms with E-state index in [-0.39, 0.29) is 5.39 Å². The van der Waals surface area contributed by atoms with Crippen LogP contribution in [0.5, 0.6) is 0 Å². The molecule has 1 aliphatic heterocycles. The molecule has 1 aromatic carbocycles. The molecule has 0 bridgehead atoms. The number of rotatable bonds is 1. The highest BCUT2D eigenvalue weighted by Gasteiger charge is 2.19. The van der Waals surface area contributed by atoms with Crippen molar-refractivity contribution in [2.75, 3.05) is 18.0 Å². The fraction of sp³-hybridized carbons (Fsp3) is 0.231. The van der Waals surface area contributed by atoms with Gasteiger partial charge in [-0.15, -0.1) is 0 Å². The Bertz CT molecular complexity index is 588. The SMILES string of the molecule is Fc1cc(N2CC=CCC2)c2occc2c1F. The van der Waals surface area contributed by atoms with Crippen LogP contribution in [0.3, 0.4) is 0 Å². The van der Waals surface area contributed by atoms with E-state index in [1.165, 1.54) is 18.4 Å². The molecule has 0 N–H and O–H groups in total. The molecule has 0 spiro atoms. The molecule has 0 amide bonds. The van der Waals surface area contributed by atoms with Crippen molar-refractivity contribution in [3.05, 3.63) is 42.2 Å². The maximum atomic E-state index is 13.5. The summed E-state index contributed by atoms with van der Waals surface area (Å²) in [5, 5.41) is 0.203. The average Bonchev–Trinajstić information content (AvgIpc) is 2.84. The van der Waals surface area contributed by atoms with E-state index in [9.17, 15) is 8.78 Å². The zero-order valence-corrected chi connectivity index (χ0v) is 9.12. The van der Waals surface area contributed by atoms with Crippen LogP contribution < -0.4 is 4.90 Å². The van der Waals surface area contributed by atoms with Crippen molar-refractivity contribution in [2.24, 2.45) is 0 Å². The predicted molar refractivity (Wildman–Crippen MR) is 62.1 cm³/mol. The summed E-state index contributed by atoms with van der Waals surface area (Å²) in [7, 11) is 0. The molecule has 0 unspecified atom stereocenters. The standard InChI is InChI=1S/C13H11F2NO/c14-10-8-11(16-5-2-1-3-6-16)13-9(12(10)15)4-7-17-13/h1-2,4,7-8H,3,5-6H2. The van der Waals surface area contributed by atoms with Gasteiger partial charge in [-0.3, -0.25) is 0 Å². The summed E-state index contributed by atoms with van der Waals surface area (Å²) in [6, 6.07) is 2.66. The third kappa shape index (κ3) is 1.60. The third-order valence-electron chi connectivity index (χ3n) is 3.01. The quantitative estimate of drug-likeness (QED) is 0.703. The number of furan rings is 1. The van der Waals surface area contributed by atoms with Crippen LogP contribution in [0.15, 0.2) is 35.0 Å². The number of fused-ring (bicyclic) bond motifs is 1. The van der Waals surface area contributed by atoms with Crippen molar-refractivity contribution in [3.63, 3.8) is 0 Å². The minimum absolute atomic E-state index is 0.203. The molecule has 17 heavy (non-hydrogen) atoms. The van der Waals surface area contributed by atoms with Gasteiger partial charge in [0.25, 0.3) is 0 Å². The summed E-state index contributed by atoms with van der Waals surface area (Å²) in [6.07, 6.45) is 6.38. The average molecular weight is 235 g/mol. The minimum atomic E-state index is -0.843. The lowest BCUT2D eigenvalue weighted by atomic mass is 10.1. The molecule has 1 aromatic heterocycles. The van der Waals surface area contributed by atoms with E-state index < -0.39 is 11.6 Å². The summed E-state index contributed by atoms with van der Waals surface area (Å²) in [4.78, 5) is 1.98. The summed E-state index contributed by atoms with van der Waals surface area (Å²) in [5.74, 6) is -1.67. The lowest BCUT2D eigenvalue weighted by molar-refractivity contribution is 0.515. The van der Waals surface area contributed by atoms with E-state index in [0.717, 1.165) is 13.0 Å². The second kappa shape index (κ2) is 3.87. The van der Waals surface area contributed by atoms with Crippen molar-refractivity contribution in [1.82, 2.24) is 0 Å². The van der Waals surface area contributed by atoms with Gasteiger partial charge in [0.05, 0.1) is 17.3 Å². The lowest BCUT2D eigenvalue weighted by Gasteiger charge is -2.25. The van der Waals surface area contributed by atoms with Gasteiger partial charge in [0, 0.05) is 19.2 Å².